The van der Waals surface area contributed by atoms with E-state index in [0.717, 1.165) is 28.5 Å². The van der Waals surface area contributed by atoms with Crippen LogP contribution in [0.15, 0.2) is 54.6 Å². The van der Waals surface area contributed by atoms with E-state index in [4.69, 9.17) is 10.00 Å². The van der Waals surface area contributed by atoms with Crippen molar-refractivity contribution in [2.45, 2.75) is 13.5 Å². The quantitative estimate of drug-likeness (QED) is 0.593. The lowest BCUT2D eigenvalue weighted by Crippen LogP contribution is -2.22. The van der Waals surface area contributed by atoms with Gasteiger partial charge in [-0.2, -0.15) is 5.26 Å². The number of hydrogen-bond donors (Lipinski definition) is 2. The number of thiophene rings is 1. The summed E-state index contributed by atoms with van der Waals surface area (Å²) in [6.07, 6.45) is 0. The van der Waals surface area contributed by atoms with Crippen molar-refractivity contribution in [2.75, 3.05) is 11.9 Å². The first kappa shape index (κ1) is 21.0. The van der Waals surface area contributed by atoms with Gasteiger partial charge in [-0.25, -0.2) is 4.39 Å². The molecule has 1 aromatic heterocycles. The SMILES string of the molecule is Cc1cc(NC(=O)c2cccc(F)c2)sc1C(=O)NCc1cccc(OCC#N)c1. The zero-order valence-corrected chi connectivity index (χ0v) is 16.9. The standard InChI is InChI=1S/C22H18FN3O3S/c1-14-10-19(26-21(27)16-5-3-6-17(23)12-16)30-20(14)22(28)25-13-15-4-2-7-18(11-15)29-9-8-24/h2-7,10-12H,9,13H2,1H3,(H,25,28)(H,26,27). The van der Waals surface area contributed by atoms with Gasteiger partial charge in [0.2, 0.25) is 0 Å². The van der Waals surface area contributed by atoms with Crippen molar-refractivity contribution in [1.82, 2.24) is 5.32 Å². The minimum absolute atomic E-state index is 0.0473. The molecule has 2 aromatic carbocycles. The van der Waals surface area contributed by atoms with Crippen molar-refractivity contribution in [3.05, 3.63) is 82.0 Å². The maximum Gasteiger partial charge on any atom is 0.261 e. The van der Waals surface area contributed by atoms with Crippen LogP contribution in [0.5, 0.6) is 5.75 Å². The van der Waals surface area contributed by atoms with E-state index < -0.39 is 11.7 Å². The van der Waals surface area contributed by atoms with Crippen molar-refractivity contribution >= 4 is 28.2 Å². The molecule has 3 rings (SSSR count). The number of anilines is 1. The third kappa shape index (κ3) is 5.43. The zero-order chi connectivity index (χ0) is 21.5. The van der Waals surface area contributed by atoms with Gasteiger partial charge in [0.05, 0.1) is 9.88 Å². The number of ether oxygens (including phenoxy) is 1. The van der Waals surface area contributed by atoms with Crippen LogP contribution in [0.25, 0.3) is 0 Å². The van der Waals surface area contributed by atoms with Gasteiger partial charge in [0.1, 0.15) is 17.6 Å². The van der Waals surface area contributed by atoms with Crippen molar-refractivity contribution in [3.8, 4) is 11.8 Å². The molecule has 1 heterocycles. The minimum Gasteiger partial charge on any atom is -0.479 e. The summed E-state index contributed by atoms with van der Waals surface area (Å²) >= 11 is 1.15. The van der Waals surface area contributed by atoms with Crippen LogP contribution in [0.3, 0.4) is 0 Å². The molecule has 6 nitrogen and oxygen atoms in total. The maximum atomic E-state index is 13.3. The highest BCUT2D eigenvalue weighted by Gasteiger charge is 2.16. The summed E-state index contributed by atoms with van der Waals surface area (Å²) in [7, 11) is 0. The number of hydrogen-bond acceptors (Lipinski definition) is 5. The van der Waals surface area contributed by atoms with E-state index in [1.807, 2.05) is 12.1 Å². The number of nitrogens with one attached hydrogen (secondary N) is 2. The summed E-state index contributed by atoms with van der Waals surface area (Å²) in [6, 6.07) is 16.1. The molecule has 0 aliphatic rings. The van der Waals surface area contributed by atoms with Gasteiger partial charge < -0.3 is 15.4 Å². The molecule has 0 saturated heterocycles. The molecule has 0 unspecified atom stereocenters. The molecule has 0 spiro atoms. The number of halogens is 1. The highest BCUT2D eigenvalue weighted by molar-refractivity contribution is 7.18. The van der Waals surface area contributed by atoms with Crippen LogP contribution in [0, 0.1) is 24.1 Å². The normalized spacial score (nSPS) is 10.2. The first-order valence-corrected chi connectivity index (χ1v) is 9.82. The van der Waals surface area contributed by atoms with Gasteiger partial charge in [0.15, 0.2) is 6.61 Å². The van der Waals surface area contributed by atoms with Gasteiger partial charge in [-0.15, -0.1) is 11.3 Å². The number of aryl methyl sites for hydroxylation is 1. The molecule has 2 N–H and O–H groups in total. The molecule has 8 heteroatoms. The molecule has 0 aliphatic carbocycles. The van der Waals surface area contributed by atoms with E-state index in [1.165, 1.54) is 18.2 Å². The number of amides is 2. The second-order valence-electron chi connectivity index (χ2n) is 6.36. The second kappa shape index (κ2) is 9.67. The average Bonchev–Trinajstić information content (AvgIpc) is 3.10. The Morgan fingerprint density at radius 2 is 1.93 bits per heavy atom. The minimum atomic E-state index is -0.493. The Labute approximate surface area is 176 Å². The van der Waals surface area contributed by atoms with Crippen LogP contribution in [0.2, 0.25) is 0 Å². The molecule has 3 aromatic rings. The van der Waals surface area contributed by atoms with Crippen LogP contribution in [0.4, 0.5) is 9.39 Å². The maximum absolute atomic E-state index is 13.3. The van der Waals surface area contributed by atoms with Crippen LogP contribution < -0.4 is 15.4 Å². The van der Waals surface area contributed by atoms with Gasteiger partial charge >= 0.3 is 0 Å². The molecule has 0 atom stereocenters. The Hall–Kier alpha value is -3.70. The smallest absolute Gasteiger partial charge is 0.261 e. The van der Waals surface area contributed by atoms with E-state index in [-0.39, 0.29) is 24.6 Å². The molecule has 0 aliphatic heterocycles. The van der Waals surface area contributed by atoms with E-state index in [0.29, 0.717) is 15.6 Å². The summed E-state index contributed by atoms with van der Waals surface area (Å²) in [4.78, 5) is 25.3. The number of carbonyl (C=O) groups excluding carboxylic acids is 2. The number of nitrogens with zero attached hydrogens (tertiary/aromatic N) is 1. The topological polar surface area (TPSA) is 91.2 Å². The number of carbonyl (C=O) groups is 2. The fourth-order valence-electron chi connectivity index (χ4n) is 2.71. The van der Waals surface area contributed by atoms with Crippen molar-refractivity contribution in [1.29, 1.82) is 5.26 Å². The lowest BCUT2D eigenvalue weighted by atomic mass is 10.2. The second-order valence-corrected chi connectivity index (χ2v) is 7.42. The summed E-state index contributed by atoms with van der Waals surface area (Å²) < 4.78 is 18.6. The third-order valence-electron chi connectivity index (χ3n) is 4.10. The zero-order valence-electron chi connectivity index (χ0n) is 16.1. The lowest BCUT2D eigenvalue weighted by molar-refractivity contribution is 0.0953. The molecule has 0 bridgehead atoms. The molecular weight excluding hydrogens is 405 g/mol. The first-order valence-electron chi connectivity index (χ1n) is 9.00. The monoisotopic (exact) mass is 423 g/mol. The van der Waals surface area contributed by atoms with Crippen molar-refractivity contribution in [3.63, 3.8) is 0 Å². The van der Waals surface area contributed by atoms with Crippen LogP contribution in [-0.2, 0) is 6.54 Å². The predicted octanol–water partition coefficient (Wildman–Crippen LogP) is 4.28. The Kier molecular flexibility index (Phi) is 6.78. The van der Waals surface area contributed by atoms with Gasteiger partial charge in [-0.3, -0.25) is 9.59 Å². The number of nitriles is 1. The van der Waals surface area contributed by atoms with Crippen molar-refractivity contribution < 1.29 is 18.7 Å². The fraction of sp³-hybridized carbons (Fsp3) is 0.136. The van der Waals surface area contributed by atoms with Crippen LogP contribution in [0.1, 0.15) is 31.2 Å². The van der Waals surface area contributed by atoms with Crippen LogP contribution >= 0.6 is 11.3 Å². The van der Waals surface area contributed by atoms with Crippen LogP contribution in [-0.4, -0.2) is 18.4 Å². The average molecular weight is 423 g/mol. The number of rotatable bonds is 7. The summed E-state index contributed by atoms with van der Waals surface area (Å²) in [5, 5.41) is 14.6. The molecular formula is C22H18FN3O3S. The Balaban J connectivity index is 1.63. The van der Waals surface area contributed by atoms with Gasteiger partial charge in [-0.1, -0.05) is 18.2 Å². The van der Waals surface area contributed by atoms with Gasteiger partial charge in [0, 0.05) is 12.1 Å². The van der Waals surface area contributed by atoms with Gasteiger partial charge in [-0.05, 0) is 54.4 Å². The van der Waals surface area contributed by atoms with E-state index in [1.54, 1.807) is 31.2 Å². The van der Waals surface area contributed by atoms with Crippen molar-refractivity contribution in [2.24, 2.45) is 0 Å². The Bertz CT molecular complexity index is 1120. The molecule has 2 amide bonds. The molecule has 0 radical (unpaired) electrons. The Morgan fingerprint density at radius 3 is 2.70 bits per heavy atom. The molecule has 152 valence electrons. The van der Waals surface area contributed by atoms with E-state index in [9.17, 15) is 14.0 Å². The molecule has 0 fully saturated rings. The van der Waals surface area contributed by atoms with Gasteiger partial charge in [0.25, 0.3) is 11.8 Å². The molecule has 0 saturated carbocycles. The number of benzene rings is 2. The largest absolute Gasteiger partial charge is 0.479 e. The fourth-order valence-corrected chi connectivity index (χ4v) is 3.69. The highest BCUT2D eigenvalue weighted by Crippen LogP contribution is 2.27. The molecule has 30 heavy (non-hydrogen) atoms. The predicted molar refractivity (Wildman–Crippen MR) is 112 cm³/mol. The summed E-state index contributed by atoms with van der Waals surface area (Å²) in [5.41, 5.74) is 1.75. The summed E-state index contributed by atoms with van der Waals surface area (Å²) in [5.74, 6) is -0.658. The Morgan fingerprint density at radius 1 is 1.13 bits per heavy atom. The third-order valence-corrected chi connectivity index (χ3v) is 5.25. The highest BCUT2D eigenvalue weighted by atomic mass is 32.1. The van der Waals surface area contributed by atoms with E-state index in [2.05, 4.69) is 10.6 Å². The lowest BCUT2D eigenvalue weighted by Gasteiger charge is -2.07. The first-order chi connectivity index (χ1) is 14.5. The summed E-state index contributed by atoms with van der Waals surface area (Å²) in [6.45, 7) is 2.01. The van der Waals surface area contributed by atoms with E-state index >= 15 is 0 Å².